The van der Waals surface area contributed by atoms with Gasteiger partial charge >= 0.3 is 0 Å². The number of hydrogen-bond acceptors (Lipinski definition) is 2. The van der Waals surface area contributed by atoms with Crippen molar-refractivity contribution in [3.8, 4) is 0 Å². The zero-order valence-corrected chi connectivity index (χ0v) is 9.76. The van der Waals surface area contributed by atoms with Gasteiger partial charge in [0, 0.05) is 30.1 Å². The normalized spacial score (nSPS) is 29.3. The molecule has 0 amide bonds. The molecule has 0 spiro atoms. The van der Waals surface area contributed by atoms with E-state index in [1.165, 1.54) is 23.3 Å². The maximum atomic E-state index is 5.69. The standard InChI is InChI=1S/C13H19NO/c1-13(2,3)9-4-10-12-8(6-14-10)7-15-11(12)5-9/h7,9-10,14H,4-6H2,1-3H3. The monoisotopic (exact) mass is 205 g/mol. The van der Waals surface area contributed by atoms with E-state index in [2.05, 4.69) is 26.1 Å². The third-order valence-corrected chi connectivity index (χ3v) is 4.05. The van der Waals surface area contributed by atoms with E-state index in [4.69, 9.17) is 4.42 Å². The van der Waals surface area contributed by atoms with Crippen LogP contribution in [0.15, 0.2) is 10.7 Å². The molecular weight excluding hydrogens is 186 g/mol. The molecule has 2 heteroatoms. The van der Waals surface area contributed by atoms with E-state index in [1.54, 1.807) is 0 Å². The molecule has 2 aliphatic rings. The van der Waals surface area contributed by atoms with Gasteiger partial charge in [0.2, 0.25) is 0 Å². The highest BCUT2D eigenvalue weighted by Gasteiger charge is 2.39. The highest BCUT2D eigenvalue weighted by atomic mass is 16.3. The second-order valence-corrected chi connectivity index (χ2v) is 6.03. The minimum Gasteiger partial charge on any atom is -0.469 e. The van der Waals surface area contributed by atoms with Crippen LogP contribution in [-0.2, 0) is 13.0 Å². The van der Waals surface area contributed by atoms with Crippen LogP contribution in [-0.4, -0.2) is 0 Å². The molecule has 0 saturated heterocycles. The van der Waals surface area contributed by atoms with Gasteiger partial charge in [-0.2, -0.15) is 0 Å². The number of furan rings is 1. The van der Waals surface area contributed by atoms with Crippen LogP contribution in [0.4, 0.5) is 0 Å². The van der Waals surface area contributed by atoms with Gasteiger partial charge in [-0.15, -0.1) is 0 Å². The first-order chi connectivity index (χ1) is 7.05. The van der Waals surface area contributed by atoms with Gasteiger partial charge in [-0.1, -0.05) is 20.8 Å². The van der Waals surface area contributed by atoms with E-state index in [0.29, 0.717) is 11.5 Å². The third-order valence-electron chi connectivity index (χ3n) is 4.05. The summed E-state index contributed by atoms with van der Waals surface area (Å²) in [6, 6.07) is 0.562. The topological polar surface area (TPSA) is 25.2 Å². The predicted molar refractivity (Wildman–Crippen MR) is 59.6 cm³/mol. The molecule has 0 fully saturated rings. The molecule has 82 valence electrons. The van der Waals surface area contributed by atoms with E-state index in [9.17, 15) is 0 Å². The Morgan fingerprint density at radius 3 is 2.93 bits per heavy atom. The van der Waals surface area contributed by atoms with E-state index in [-0.39, 0.29) is 0 Å². The van der Waals surface area contributed by atoms with Gasteiger partial charge in [-0.25, -0.2) is 0 Å². The van der Waals surface area contributed by atoms with Crippen molar-refractivity contribution in [1.82, 2.24) is 5.32 Å². The van der Waals surface area contributed by atoms with Crippen molar-refractivity contribution in [3.63, 3.8) is 0 Å². The fourth-order valence-corrected chi connectivity index (χ4v) is 2.95. The SMILES string of the molecule is CC(C)(C)C1Cc2occ3c2C(C1)NC3. The molecule has 2 atom stereocenters. The molecule has 1 aliphatic heterocycles. The van der Waals surface area contributed by atoms with Gasteiger partial charge < -0.3 is 9.73 Å². The van der Waals surface area contributed by atoms with Gasteiger partial charge in [-0.3, -0.25) is 0 Å². The minimum atomic E-state index is 0.384. The summed E-state index contributed by atoms with van der Waals surface area (Å²) in [4.78, 5) is 0. The second kappa shape index (κ2) is 2.88. The summed E-state index contributed by atoms with van der Waals surface area (Å²) in [5.41, 5.74) is 3.26. The molecule has 2 unspecified atom stereocenters. The Morgan fingerprint density at radius 1 is 1.40 bits per heavy atom. The van der Waals surface area contributed by atoms with Crippen LogP contribution < -0.4 is 5.32 Å². The van der Waals surface area contributed by atoms with E-state index in [1.807, 2.05) is 6.26 Å². The first-order valence-corrected chi connectivity index (χ1v) is 5.88. The molecule has 2 heterocycles. The first-order valence-electron chi connectivity index (χ1n) is 5.88. The molecule has 1 aliphatic carbocycles. The highest BCUT2D eigenvalue weighted by molar-refractivity contribution is 5.37. The van der Waals surface area contributed by atoms with E-state index < -0.39 is 0 Å². The summed E-state index contributed by atoms with van der Waals surface area (Å²) in [6.07, 6.45) is 4.34. The molecule has 3 rings (SSSR count). The minimum absolute atomic E-state index is 0.384. The largest absolute Gasteiger partial charge is 0.469 e. The van der Waals surface area contributed by atoms with Crippen LogP contribution in [0.25, 0.3) is 0 Å². The molecule has 1 aromatic rings. The Labute approximate surface area is 91.0 Å². The number of hydrogen-bond donors (Lipinski definition) is 1. The second-order valence-electron chi connectivity index (χ2n) is 6.03. The van der Waals surface area contributed by atoms with Crippen molar-refractivity contribution in [1.29, 1.82) is 0 Å². The molecule has 1 N–H and O–H groups in total. The Morgan fingerprint density at radius 2 is 2.20 bits per heavy atom. The van der Waals surface area contributed by atoms with Crippen molar-refractivity contribution in [3.05, 3.63) is 23.2 Å². The van der Waals surface area contributed by atoms with Crippen LogP contribution in [0, 0.1) is 11.3 Å². The van der Waals surface area contributed by atoms with Crippen molar-refractivity contribution >= 4 is 0 Å². The summed E-state index contributed by atoms with van der Waals surface area (Å²) in [5.74, 6) is 1.98. The zero-order valence-electron chi connectivity index (χ0n) is 9.76. The molecule has 2 nitrogen and oxygen atoms in total. The molecular formula is C13H19NO. The summed E-state index contributed by atoms with van der Waals surface area (Å²) >= 11 is 0. The third kappa shape index (κ3) is 1.35. The van der Waals surface area contributed by atoms with E-state index >= 15 is 0 Å². The average Bonchev–Trinajstić information content (AvgIpc) is 2.72. The van der Waals surface area contributed by atoms with Crippen molar-refractivity contribution in [2.45, 2.75) is 46.2 Å². The van der Waals surface area contributed by atoms with Crippen molar-refractivity contribution in [2.24, 2.45) is 11.3 Å². The van der Waals surface area contributed by atoms with Crippen LogP contribution in [0.3, 0.4) is 0 Å². The van der Waals surface area contributed by atoms with Crippen LogP contribution in [0.2, 0.25) is 0 Å². The average molecular weight is 205 g/mol. The fraction of sp³-hybridized carbons (Fsp3) is 0.692. The Hall–Kier alpha value is -0.760. The Bertz CT molecular complexity index is 386. The quantitative estimate of drug-likeness (QED) is 0.704. The number of nitrogens with one attached hydrogen (secondary N) is 1. The summed E-state index contributed by atoms with van der Waals surface area (Å²) in [7, 11) is 0. The number of rotatable bonds is 0. The lowest BCUT2D eigenvalue weighted by molar-refractivity contribution is 0.181. The maximum Gasteiger partial charge on any atom is 0.109 e. The molecule has 0 radical (unpaired) electrons. The lowest BCUT2D eigenvalue weighted by atomic mass is 9.71. The summed E-state index contributed by atoms with van der Waals surface area (Å²) in [6.45, 7) is 8.00. The lowest BCUT2D eigenvalue weighted by Crippen LogP contribution is -2.31. The van der Waals surface area contributed by atoms with Crippen LogP contribution in [0.5, 0.6) is 0 Å². The summed E-state index contributed by atoms with van der Waals surface area (Å²) < 4.78 is 5.69. The molecule has 0 saturated carbocycles. The Kier molecular flexibility index (Phi) is 1.82. The van der Waals surface area contributed by atoms with Crippen LogP contribution in [0.1, 0.15) is 50.1 Å². The molecule has 1 aromatic heterocycles. The first kappa shape index (κ1) is 9.46. The zero-order chi connectivity index (χ0) is 10.6. The Balaban J connectivity index is 1.97. The summed E-state index contributed by atoms with van der Waals surface area (Å²) in [5, 5.41) is 3.59. The fourth-order valence-electron chi connectivity index (χ4n) is 2.95. The van der Waals surface area contributed by atoms with Crippen molar-refractivity contribution < 1.29 is 4.42 Å². The molecule has 0 aromatic carbocycles. The van der Waals surface area contributed by atoms with Gasteiger partial charge in [0.05, 0.1) is 6.26 Å². The maximum absolute atomic E-state index is 5.69. The lowest BCUT2D eigenvalue weighted by Gasteiger charge is -2.35. The van der Waals surface area contributed by atoms with Gasteiger partial charge in [0.25, 0.3) is 0 Å². The van der Waals surface area contributed by atoms with Crippen molar-refractivity contribution in [2.75, 3.05) is 0 Å². The molecule has 0 bridgehead atoms. The van der Waals surface area contributed by atoms with Gasteiger partial charge in [-0.05, 0) is 17.8 Å². The molecule has 15 heavy (non-hydrogen) atoms. The predicted octanol–water partition coefficient (Wildman–Crippen LogP) is 3.03. The van der Waals surface area contributed by atoms with Gasteiger partial charge in [0.15, 0.2) is 0 Å². The highest BCUT2D eigenvalue weighted by Crippen LogP contribution is 2.45. The smallest absolute Gasteiger partial charge is 0.109 e. The van der Waals surface area contributed by atoms with Crippen LogP contribution >= 0.6 is 0 Å². The van der Waals surface area contributed by atoms with E-state index in [0.717, 1.165) is 18.9 Å². The van der Waals surface area contributed by atoms with Gasteiger partial charge in [0.1, 0.15) is 5.76 Å².